The van der Waals surface area contributed by atoms with Crippen LogP contribution in [0.25, 0.3) is 0 Å². The first-order chi connectivity index (χ1) is 14.9. The van der Waals surface area contributed by atoms with Crippen LogP contribution in [0.3, 0.4) is 0 Å². The third kappa shape index (κ3) is 7.51. The van der Waals surface area contributed by atoms with Crippen LogP contribution in [-0.2, 0) is 19.1 Å². The zero-order chi connectivity index (χ0) is 22.3. The zero-order valence-corrected chi connectivity index (χ0v) is 20.7. The number of guanidine groups is 1. The second-order valence-corrected chi connectivity index (χ2v) is 7.57. The van der Waals surface area contributed by atoms with E-state index in [4.69, 9.17) is 0 Å². The summed E-state index contributed by atoms with van der Waals surface area (Å²) in [6, 6.07) is 9.24. The van der Waals surface area contributed by atoms with Crippen molar-refractivity contribution in [2.24, 2.45) is 4.99 Å². The average Bonchev–Trinajstić information content (AvgIpc) is 2.76. The Kier molecular flexibility index (Phi) is 10.0. The number of likely N-dealkylation sites (N-methyl/N-ethyl adjacent to an activating group) is 1. The molecular formula is C22H30F3IN6. The molecule has 0 bridgehead atoms. The average molecular weight is 562 g/mol. The van der Waals surface area contributed by atoms with Crippen LogP contribution in [-0.4, -0.2) is 62.7 Å². The highest BCUT2D eigenvalue weighted by Gasteiger charge is 2.29. The molecule has 0 spiro atoms. The number of nitrogens with zero attached hydrogens (tertiary/aromatic N) is 4. The van der Waals surface area contributed by atoms with Crippen molar-refractivity contribution in [3.05, 3.63) is 59.3 Å². The van der Waals surface area contributed by atoms with Gasteiger partial charge < -0.3 is 20.4 Å². The molecule has 2 N–H and O–H groups in total. The van der Waals surface area contributed by atoms with Crippen molar-refractivity contribution in [1.29, 1.82) is 0 Å². The molecule has 1 aromatic carbocycles. The summed E-state index contributed by atoms with van der Waals surface area (Å²) < 4.78 is 38.0. The largest absolute Gasteiger partial charge is 0.416 e. The fourth-order valence-corrected chi connectivity index (χ4v) is 3.46. The Labute approximate surface area is 204 Å². The molecule has 176 valence electrons. The van der Waals surface area contributed by atoms with E-state index in [-0.39, 0.29) is 24.0 Å². The summed E-state index contributed by atoms with van der Waals surface area (Å²) in [7, 11) is 3.82. The molecule has 1 fully saturated rings. The van der Waals surface area contributed by atoms with Crippen molar-refractivity contribution in [2.75, 3.05) is 51.7 Å². The van der Waals surface area contributed by atoms with Gasteiger partial charge in [0.05, 0.1) is 5.56 Å². The van der Waals surface area contributed by atoms with E-state index in [0.717, 1.165) is 55.3 Å². The molecule has 1 aromatic heterocycles. The molecule has 0 saturated carbocycles. The molecule has 0 radical (unpaired) electrons. The highest BCUT2D eigenvalue weighted by Crippen LogP contribution is 2.29. The number of nitrogens with one attached hydrogen (secondary N) is 2. The fraction of sp³-hybridized carbons (Fsp3) is 0.455. The van der Waals surface area contributed by atoms with Crippen LogP contribution in [0.1, 0.15) is 16.7 Å². The monoisotopic (exact) mass is 562 g/mol. The third-order valence-electron chi connectivity index (χ3n) is 5.33. The van der Waals surface area contributed by atoms with Crippen molar-refractivity contribution in [1.82, 2.24) is 20.5 Å². The Morgan fingerprint density at radius 1 is 1.06 bits per heavy atom. The van der Waals surface area contributed by atoms with Crippen LogP contribution in [0.15, 0.2) is 47.6 Å². The summed E-state index contributed by atoms with van der Waals surface area (Å²) in [6.07, 6.45) is -1.90. The van der Waals surface area contributed by atoms with Gasteiger partial charge in [-0.3, -0.25) is 4.99 Å². The summed E-state index contributed by atoms with van der Waals surface area (Å²) >= 11 is 0. The smallest absolute Gasteiger partial charge is 0.356 e. The van der Waals surface area contributed by atoms with Crippen molar-refractivity contribution >= 4 is 35.8 Å². The van der Waals surface area contributed by atoms with E-state index in [0.29, 0.717) is 25.5 Å². The van der Waals surface area contributed by atoms with Gasteiger partial charge in [-0.1, -0.05) is 18.2 Å². The molecule has 1 aliphatic heterocycles. The first kappa shape index (κ1) is 26.2. The van der Waals surface area contributed by atoms with Gasteiger partial charge in [-0.05, 0) is 37.2 Å². The Hall–Kier alpha value is -2.08. The minimum absolute atomic E-state index is 0. The summed E-state index contributed by atoms with van der Waals surface area (Å²) in [5.74, 6) is 1.63. The summed E-state index contributed by atoms with van der Waals surface area (Å²) in [5, 5.41) is 6.52. The Morgan fingerprint density at radius 2 is 1.75 bits per heavy atom. The number of aliphatic imine (C=N–C) groups is 1. The lowest BCUT2D eigenvalue weighted by Crippen LogP contribution is -2.45. The number of piperazine rings is 1. The van der Waals surface area contributed by atoms with E-state index >= 15 is 0 Å². The maximum Gasteiger partial charge on any atom is 0.416 e. The number of hydrogen-bond acceptors (Lipinski definition) is 4. The van der Waals surface area contributed by atoms with Crippen LogP contribution >= 0.6 is 24.0 Å². The van der Waals surface area contributed by atoms with E-state index in [2.05, 4.69) is 43.5 Å². The molecule has 0 unspecified atom stereocenters. The van der Waals surface area contributed by atoms with Crippen LogP contribution in [0.5, 0.6) is 0 Å². The molecule has 3 rings (SSSR count). The van der Waals surface area contributed by atoms with Crippen molar-refractivity contribution < 1.29 is 13.2 Å². The fourth-order valence-electron chi connectivity index (χ4n) is 3.46. The lowest BCUT2D eigenvalue weighted by Gasteiger charge is -2.34. The Bertz CT molecular complexity index is 865. The normalized spacial score (nSPS) is 15.3. The third-order valence-corrected chi connectivity index (χ3v) is 5.33. The minimum atomic E-state index is -4.31. The van der Waals surface area contributed by atoms with Crippen LogP contribution in [0.4, 0.5) is 19.0 Å². The Balaban J connectivity index is 0.00000363. The van der Waals surface area contributed by atoms with Gasteiger partial charge >= 0.3 is 6.18 Å². The summed E-state index contributed by atoms with van der Waals surface area (Å²) in [4.78, 5) is 13.4. The van der Waals surface area contributed by atoms with E-state index in [1.807, 2.05) is 12.3 Å². The molecule has 6 nitrogen and oxygen atoms in total. The second-order valence-electron chi connectivity index (χ2n) is 7.57. The van der Waals surface area contributed by atoms with Crippen LogP contribution in [0, 0.1) is 0 Å². The lowest BCUT2D eigenvalue weighted by atomic mass is 10.1. The van der Waals surface area contributed by atoms with Gasteiger partial charge in [0, 0.05) is 58.1 Å². The first-order valence-electron chi connectivity index (χ1n) is 10.3. The predicted octanol–water partition coefficient (Wildman–Crippen LogP) is 3.38. The van der Waals surface area contributed by atoms with Crippen molar-refractivity contribution in [2.45, 2.75) is 19.1 Å². The quantitative estimate of drug-likeness (QED) is 0.322. The topological polar surface area (TPSA) is 55.8 Å². The second kappa shape index (κ2) is 12.2. The van der Waals surface area contributed by atoms with Crippen LogP contribution < -0.4 is 15.5 Å². The molecule has 0 atom stereocenters. The highest BCUT2D eigenvalue weighted by molar-refractivity contribution is 14.0. The van der Waals surface area contributed by atoms with Crippen LogP contribution in [0.2, 0.25) is 0 Å². The first-order valence-corrected chi connectivity index (χ1v) is 10.3. The number of halogens is 4. The number of benzene rings is 1. The SMILES string of the molecule is CN=C(NCCc1ccc(C(F)(F)F)cc1)NCc1cccnc1N1CCN(C)CC1.I. The molecule has 10 heteroatoms. The van der Waals surface area contributed by atoms with Gasteiger partial charge in [0.15, 0.2) is 5.96 Å². The molecule has 0 amide bonds. The molecule has 32 heavy (non-hydrogen) atoms. The maximum atomic E-state index is 12.7. The number of aromatic nitrogens is 1. The minimum Gasteiger partial charge on any atom is -0.356 e. The maximum absolute atomic E-state index is 12.7. The summed E-state index contributed by atoms with van der Waals surface area (Å²) in [5.41, 5.74) is 1.30. The number of alkyl halides is 3. The predicted molar refractivity (Wildman–Crippen MR) is 133 cm³/mol. The Morgan fingerprint density at radius 3 is 2.38 bits per heavy atom. The number of hydrogen-bond donors (Lipinski definition) is 2. The van der Waals surface area contributed by atoms with Gasteiger partial charge in [-0.25, -0.2) is 4.98 Å². The van der Waals surface area contributed by atoms with E-state index < -0.39 is 11.7 Å². The number of rotatable bonds is 6. The van der Waals surface area contributed by atoms with Gasteiger partial charge in [-0.15, -0.1) is 24.0 Å². The summed E-state index contributed by atoms with van der Waals surface area (Å²) in [6.45, 7) is 5.05. The van der Waals surface area contributed by atoms with Gasteiger partial charge in [-0.2, -0.15) is 13.2 Å². The molecule has 1 saturated heterocycles. The van der Waals surface area contributed by atoms with Gasteiger partial charge in [0.1, 0.15) is 5.82 Å². The standard InChI is InChI=1S/C22H29F3N6.HI/c1-26-21(28-11-9-17-5-7-19(8-6-17)22(23,24)25)29-16-18-4-3-10-27-20(18)31-14-12-30(2)13-15-31;/h3-8,10H,9,11-16H2,1-2H3,(H2,26,28,29);1H. The number of anilines is 1. The number of pyridine rings is 1. The van der Waals surface area contributed by atoms with E-state index in [9.17, 15) is 13.2 Å². The molecule has 2 heterocycles. The lowest BCUT2D eigenvalue weighted by molar-refractivity contribution is -0.137. The molecule has 0 aliphatic carbocycles. The van der Waals surface area contributed by atoms with E-state index in [1.54, 1.807) is 7.05 Å². The van der Waals surface area contributed by atoms with Crippen molar-refractivity contribution in [3.63, 3.8) is 0 Å². The van der Waals surface area contributed by atoms with Gasteiger partial charge in [0.2, 0.25) is 0 Å². The van der Waals surface area contributed by atoms with E-state index in [1.165, 1.54) is 12.1 Å². The molecular weight excluding hydrogens is 532 g/mol. The van der Waals surface area contributed by atoms with Gasteiger partial charge in [0.25, 0.3) is 0 Å². The molecule has 2 aromatic rings. The zero-order valence-electron chi connectivity index (χ0n) is 18.3. The highest BCUT2D eigenvalue weighted by atomic mass is 127. The van der Waals surface area contributed by atoms with Crippen molar-refractivity contribution in [3.8, 4) is 0 Å². The molecule has 1 aliphatic rings.